The molecule has 0 saturated carbocycles. The molecule has 1 aromatic heterocycles. The first-order valence-corrected chi connectivity index (χ1v) is 7.99. The van der Waals surface area contributed by atoms with Crippen molar-refractivity contribution < 1.29 is 13.2 Å². The van der Waals surface area contributed by atoms with Crippen molar-refractivity contribution >= 4 is 26.8 Å². The monoisotopic (exact) mass is 295 g/mol. The summed E-state index contributed by atoms with van der Waals surface area (Å²) < 4.78 is 22.7. The molecule has 3 rings (SSSR count). The van der Waals surface area contributed by atoms with Crippen molar-refractivity contribution in [2.75, 3.05) is 11.5 Å². The Kier molecular flexibility index (Phi) is 2.89. The van der Waals surface area contributed by atoms with E-state index in [1.165, 1.54) is 0 Å². The van der Waals surface area contributed by atoms with E-state index in [4.69, 9.17) is 0 Å². The fourth-order valence-electron chi connectivity index (χ4n) is 2.42. The number of sulfone groups is 1. The van der Waals surface area contributed by atoms with Gasteiger partial charge in [0.2, 0.25) is 0 Å². The maximum atomic E-state index is 12.2. The molecule has 8 heteroatoms. The van der Waals surface area contributed by atoms with Crippen LogP contribution in [0, 0.1) is 0 Å². The van der Waals surface area contributed by atoms with Crippen LogP contribution in [-0.2, 0) is 9.84 Å². The fourth-order valence-corrected chi connectivity index (χ4v) is 4.09. The van der Waals surface area contributed by atoms with Gasteiger partial charge in [-0.3, -0.25) is 4.79 Å². The molecule has 106 valence electrons. The van der Waals surface area contributed by atoms with Crippen LogP contribution < -0.4 is 11.0 Å². The van der Waals surface area contributed by atoms with Crippen molar-refractivity contribution in [2.45, 2.75) is 12.5 Å². The van der Waals surface area contributed by atoms with Gasteiger partial charge < -0.3 is 15.3 Å². The molecule has 1 fully saturated rings. The molecule has 0 radical (unpaired) electrons. The summed E-state index contributed by atoms with van der Waals surface area (Å²) in [4.78, 5) is 28.6. The molecular weight excluding hydrogens is 282 g/mol. The minimum absolute atomic E-state index is 0.0294. The zero-order valence-corrected chi connectivity index (χ0v) is 11.3. The lowest BCUT2D eigenvalue weighted by Crippen LogP contribution is -2.35. The highest BCUT2D eigenvalue weighted by Crippen LogP contribution is 2.15. The molecule has 3 N–H and O–H groups in total. The van der Waals surface area contributed by atoms with E-state index < -0.39 is 9.84 Å². The van der Waals surface area contributed by atoms with E-state index in [-0.39, 0.29) is 29.1 Å². The van der Waals surface area contributed by atoms with Gasteiger partial charge in [0.1, 0.15) is 0 Å². The number of carbonyl (C=O) groups is 1. The molecule has 1 saturated heterocycles. The van der Waals surface area contributed by atoms with Gasteiger partial charge in [-0.25, -0.2) is 13.2 Å². The number of aromatic amines is 2. The van der Waals surface area contributed by atoms with E-state index in [9.17, 15) is 18.0 Å². The normalized spacial score (nSPS) is 21.1. The molecule has 2 heterocycles. The predicted octanol–water partition coefficient (Wildman–Crippen LogP) is -0.227. The first-order chi connectivity index (χ1) is 9.44. The second kappa shape index (κ2) is 4.48. The molecule has 0 spiro atoms. The van der Waals surface area contributed by atoms with Gasteiger partial charge in [-0.15, -0.1) is 0 Å². The highest BCUT2D eigenvalue weighted by molar-refractivity contribution is 7.91. The Morgan fingerprint density at radius 3 is 2.80 bits per heavy atom. The van der Waals surface area contributed by atoms with Gasteiger partial charge in [0.05, 0.1) is 28.1 Å². The molecule has 7 nitrogen and oxygen atoms in total. The van der Waals surface area contributed by atoms with Crippen LogP contribution in [0.1, 0.15) is 16.8 Å². The Balaban J connectivity index is 1.88. The second-order valence-electron chi connectivity index (χ2n) is 4.88. The zero-order valence-electron chi connectivity index (χ0n) is 10.5. The summed E-state index contributed by atoms with van der Waals surface area (Å²) in [5.41, 5.74) is 0.909. The molecular formula is C12H13N3O4S. The minimum Gasteiger partial charge on any atom is -0.348 e. The van der Waals surface area contributed by atoms with Crippen LogP contribution in [-0.4, -0.2) is 41.8 Å². The number of carbonyl (C=O) groups excluding carboxylic acids is 1. The first-order valence-electron chi connectivity index (χ1n) is 6.17. The SMILES string of the molecule is O=C(NC1CCS(=O)(=O)C1)c1cccc2[nH]c(=O)[nH]c12. The molecule has 1 amide bonds. The van der Waals surface area contributed by atoms with Crippen molar-refractivity contribution in [3.05, 3.63) is 34.2 Å². The fraction of sp³-hybridized carbons (Fsp3) is 0.333. The number of hydrogen-bond donors (Lipinski definition) is 3. The molecule has 20 heavy (non-hydrogen) atoms. The van der Waals surface area contributed by atoms with Crippen LogP contribution in [0.3, 0.4) is 0 Å². The maximum Gasteiger partial charge on any atom is 0.323 e. The molecule has 1 aromatic carbocycles. The number of para-hydroxylation sites is 1. The topological polar surface area (TPSA) is 112 Å². The van der Waals surface area contributed by atoms with Crippen LogP contribution in [0.15, 0.2) is 23.0 Å². The van der Waals surface area contributed by atoms with Crippen LogP contribution in [0.2, 0.25) is 0 Å². The van der Waals surface area contributed by atoms with Gasteiger partial charge in [0.25, 0.3) is 5.91 Å². The molecule has 0 bridgehead atoms. The summed E-state index contributed by atoms with van der Waals surface area (Å²) in [7, 11) is -3.04. The third-order valence-corrected chi connectivity index (χ3v) is 5.13. The van der Waals surface area contributed by atoms with Gasteiger partial charge in [-0.2, -0.15) is 0 Å². The standard InChI is InChI=1S/C12H13N3O4S/c16-11(13-7-4-5-20(18,19)6-7)8-2-1-3-9-10(8)15-12(17)14-9/h1-3,7H,4-6H2,(H,13,16)(H2,14,15,17). The van der Waals surface area contributed by atoms with Crippen molar-refractivity contribution in [2.24, 2.45) is 0 Å². The summed E-state index contributed by atoms with van der Waals surface area (Å²) in [5.74, 6) is -0.311. The number of H-pyrrole nitrogens is 2. The van der Waals surface area contributed by atoms with Gasteiger partial charge in [-0.1, -0.05) is 6.07 Å². The molecule has 2 aromatic rings. The van der Waals surface area contributed by atoms with Gasteiger partial charge in [0, 0.05) is 6.04 Å². The number of amides is 1. The summed E-state index contributed by atoms with van der Waals surface area (Å²) in [6.45, 7) is 0. The van der Waals surface area contributed by atoms with E-state index in [1.807, 2.05) is 0 Å². The van der Waals surface area contributed by atoms with Crippen molar-refractivity contribution in [1.29, 1.82) is 0 Å². The molecule has 1 aliphatic heterocycles. The number of benzene rings is 1. The number of aromatic nitrogens is 2. The van der Waals surface area contributed by atoms with E-state index in [1.54, 1.807) is 18.2 Å². The summed E-state index contributed by atoms with van der Waals surface area (Å²) >= 11 is 0. The average Bonchev–Trinajstić information content (AvgIpc) is 2.90. The summed E-state index contributed by atoms with van der Waals surface area (Å²) in [6, 6.07) is 4.56. The lowest BCUT2D eigenvalue weighted by Gasteiger charge is -2.11. The number of nitrogens with one attached hydrogen (secondary N) is 3. The van der Waals surface area contributed by atoms with Crippen molar-refractivity contribution in [1.82, 2.24) is 15.3 Å². The Labute approximate surface area is 114 Å². The Morgan fingerprint density at radius 1 is 1.30 bits per heavy atom. The van der Waals surface area contributed by atoms with Crippen LogP contribution >= 0.6 is 0 Å². The Morgan fingerprint density at radius 2 is 2.10 bits per heavy atom. The second-order valence-corrected chi connectivity index (χ2v) is 7.11. The van der Waals surface area contributed by atoms with E-state index >= 15 is 0 Å². The number of fused-ring (bicyclic) bond motifs is 1. The highest BCUT2D eigenvalue weighted by atomic mass is 32.2. The average molecular weight is 295 g/mol. The summed E-state index contributed by atoms with van der Waals surface area (Å²) in [5, 5.41) is 2.70. The molecule has 0 aliphatic carbocycles. The smallest absolute Gasteiger partial charge is 0.323 e. The third kappa shape index (κ3) is 2.34. The highest BCUT2D eigenvalue weighted by Gasteiger charge is 2.29. The number of hydrogen-bond acceptors (Lipinski definition) is 4. The largest absolute Gasteiger partial charge is 0.348 e. The van der Waals surface area contributed by atoms with Crippen molar-refractivity contribution in [3.63, 3.8) is 0 Å². The number of rotatable bonds is 2. The Hall–Kier alpha value is -2.09. The lowest BCUT2D eigenvalue weighted by atomic mass is 10.1. The molecule has 1 aliphatic rings. The third-order valence-electron chi connectivity index (χ3n) is 3.36. The Bertz CT molecular complexity index is 834. The van der Waals surface area contributed by atoms with Gasteiger partial charge in [0.15, 0.2) is 9.84 Å². The zero-order chi connectivity index (χ0) is 14.3. The van der Waals surface area contributed by atoms with Crippen LogP contribution in [0.4, 0.5) is 0 Å². The van der Waals surface area contributed by atoms with Gasteiger partial charge >= 0.3 is 5.69 Å². The predicted molar refractivity (Wildman–Crippen MR) is 73.4 cm³/mol. The van der Waals surface area contributed by atoms with E-state index in [0.717, 1.165) is 0 Å². The molecule has 1 atom stereocenters. The minimum atomic E-state index is -3.04. The summed E-state index contributed by atoms with van der Waals surface area (Å²) in [6.07, 6.45) is 0.424. The first kappa shape index (κ1) is 12.9. The maximum absolute atomic E-state index is 12.2. The number of imidazole rings is 1. The van der Waals surface area contributed by atoms with Crippen LogP contribution in [0.5, 0.6) is 0 Å². The van der Waals surface area contributed by atoms with E-state index in [0.29, 0.717) is 23.0 Å². The van der Waals surface area contributed by atoms with Crippen molar-refractivity contribution in [3.8, 4) is 0 Å². The molecule has 1 unspecified atom stereocenters. The van der Waals surface area contributed by atoms with E-state index in [2.05, 4.69) is 15.3 Å². The quantitative estimate of drug-likeness (QED) is 0.710. The van der Waals surface area contributed by atoms with Crippen LogP contribution in [0.25, 0.3) is 11.0 Å². The lowest BCUT2D eigenvalue weighted by molar-refractivity contribution is 0.0942. The van der Waals surface area contributed by atoms with Gasteiger partial charge in [-0.05, 0) is 18.6 Å².